The number of carbonyl (C=O) groups is 1. The van der Waals surface area contributed by atoms with Crippen molar-refractivity contribution in [1.82, 2.24) is 9.78 Å². The standard InChI is InChI=1S/C31H29ClN2O3/c32-27-12-4-11-25(18-27)31(23-8-2-1-3-9-23)26-19-33-34(20-26)16-6-7-22-14-15-28-24(17-22)10-5-13-29(28)37-21-30(35)36/h1-13,18-20,22,31H,14-17,21H2,(H,35,36). The van der Waals surface area contributed by atoms with Gasteiger partial charge >= 0.3 is 5.97 Å². The van der Waals surface area contributed by atoms with Crippen LogP contribution in [0, 0.1) is 5.92 Å². The van der Waals surface area contributed by atoms with Crippen LogP contribution in [0.3, 0.4) is 0 Å². The molecule has 0 radical (unpaired) electrons. The second-order valence-electron chi connectivity index (χ2n) is 9.40. The Morgan fingerprint density at radius 3 is 2.70 bits per heavy atom. The fraction of sp³-hybridized carbons (Fsp3) is 0.226. The highest BCUT2D eigenvalue weighted by Gasteiger charge is 2.21. The van der Waals surface area contributed by atoms with Gasteiger partial charge in [0.25, 0.3) is 0 Å². The molecule has 4 aromatic rings. The Bertz CT molecular complexity index is 1400. The molecule has 1 N–H and O–H groups in total. The summed E-state index contributed by atoms with van der Waals surface area (Å²) in [5.74, 6) is 0.225. The number of aromatic nitrogens is 2. The number of hydrogen-bond donors (Lipinski definition) is 1. The summed E-state index contributed by atoms with van der Waals surface area (Å²) in [6, 6.07) is 24.4. The second kappa shape index (κ2) is 11.5. The Hall–Kier alpha value is -3.83. The normalized spacial score (nSPS) is 15.9. The van der Waals surface area contributed by atoms with E-state index in [2.05, 4.69) is 59.8 Å². The number of halogens is 1. The maximum Gasteiger partial charge on any atom is 0.341 e. The molecule has 2 unspecified atom stereocenters. The van der Waals surface area contributed by atoms with E-state index in [1.54, 1.807) is 0 Å². The van der Waals surface area contributed by atoms with Gasteiger partial charge in [0.1, 0.15) is 5.75 Å². The van der Waals surface area contributed by atoms with Gasteiger partial charge in [-0.25, -0.2) is 4.79 Å². The first-order valence-corrected chi connectivity index (χ1v) is 12.9. The lowest BCUT2D eigenvalue weighted by Gasteiger charge is -2.24. The van der Waals surface area contributed by atoms with E-state index in [0.717, 1.165) is 41.0 Å². The van der Waals surface area contributed by atoms with Crippen molar-refractivity contribution < 1.29 is 14.6 Å². The molecule has 188 valence electrons. The zero-order valence-electron chi connectivity index (χ0n) is 20.5. The van der Waals surface area contributed by atoms with Crippen LogP contribution in [-0.4, -0.2) is 27.5 Å². The van der Waals surface area contributed by atoms with E-state index < -0.39 is 5.97 Å². The van der Waals surface area contributed by atoms with Crippen LogP contribution >= 0.6 is 11.6 Å². The number of aliphatic carboxylic acids is 1. The van der Waals surface area contributed by atoms with Crippen molar-refractivity contribution in [3.8, 4) is 5.75 Å². The molecule has 2 atom stereocenters. The molecule has 37 heavy (non-hydrogen) atoms. The van der Waals surface area contributed by atoms with Crippen LogP contribution < -0.4 is 4.74 Å². The molecule has 1 aliphatic carbocycles. The summed E-state index contributed by atoms with van der Waals surface area (Å²) < 4.78 is 7.47. The first kappa shape index (κ1) is 24.8. The first-order chi connectivity index (χ1) is 18.1. The van der Waals surface area contributed by atoms with Gasteiger partial charge in [0, 0.05) is 22.7 Å². The molecular formula is C31H29ClN2O3. The number of ether oxygens (including phenoxy) is 1. The monoisotopic (exact) mass is 512 g/mol. The summed E-state index contributed by atoms with van der Waals surface area (Å²) in [6.07, 6.45) is 11.3. The molecule has 0 aliphatic heterocycles. The van der Waals surface area contributed by atoms with Gasteiger partial charge in [-0.1, -0.05) is 78.4 Å². The van der Waals surface area contributed by atoms with Crippen molar-refractivity contribution >= 4 is 17.6 Å². The lowest BCUT2D eigenvalue weighted by atomic mass is 9.83. The molecule has 0 spiro atoms. The first-order valence-electron chi connectivity index (χ1n) is 12.5. The van der Waals surface area contributed by atoms with Gasteiger partial charge in [-0.3, -0.25) is 4.68 Å². The third-order valence-corrected chi connectivity index (χ3v) is 7.07. The Morgan fingerprint density at radius 2 is 1.89 bits per heavy atom. The molecule has 0 saturated carbocycles. The van der Waals surface area contributed by atoms with Gasteiger partial charge in [-0.2, -0.15) is 5.10 Å². The van der Waals surface area contributed by atoms with E-state index in [-0.39, 0.29) is 12.5 Å². The highest BCUT2D eigenvalue weighted by Crippen LogP contribution is 2.34. The molecule has 0 bridgehead atoms. The Kier molecular flexibility index (Phi) is 7.71. The zero-order valence-corrected chi connectivity index (χ0v) is 21.2. The molecule has 1 aliphatic rings. The highest BCUT2D eigenvalue weighted by molar-refractivity contribution is 6.30. The number of nitrogens with zero attached hydrogens (tertiary/aromatic N) is 2. The van der Waals surface area contributed by atoms with Gasteiger partial charge in [0.05, 0.1) is 12.7 Å². The minimum atomic E-state index is -0.960. The highest BCUT2D eigenvalue weighted by atomic mass is 35.5. The molecule has 1 heterocycles. The van der Waals surface area contributed by atoms with Crippen LogP contribution in [0.5, 0.6) is 5.75 Å². The van der Waals surface area contributed by atoms with Gasteiger partial charge in [-0.15, -0.1) is 0 Å². The molecule has 1 aromatic heterocycles. The molecule has 0 saturated heterocycles. The number of carboxylic acid groups (broad SMARTS) is 1. The fourth-order valence-corrected chi connectivity index (χ4v) is 5.34. The maximum absolute atomic E-state index is 10.9. The molecule has 6 heteroatoms. The summed E-state index contributed by atoms with van der Waals surface area (Å²) in [4.78, 5) is 10.9. The van der Waals surface area contributed by atoms with Crippen molar-refractivity contribution in [2.75, 3.05) is 6.61 Å². The van der Waals surface area contributed by atoms with Gasteiger partial charge in [0.2, 0.25) is 0 Å². The topological polar surface area (TPSA) is 64.3 Å². The lowest BCUT2D eigenvalue weighted by molar-refractivity contribution is -0.139. The molecular weight excluding hydrogens is 484 g/mol. The molecule has 5 rings (SSSR count). The van der Waals surface area contributed by atoms with Crippen LogP contribution in [0.2, 0.25) is 5.02 Å². The maximum atomic E-state index is 10.9. The summed E-state index contributed by atoms with van der Waals surface area (Å²) >= 11 is 6.32. The zero-order chi connectivity index (χ0) is 25.6. The van der Waals surface area contributed by atoms with Gasteiger partial charge in [0.15, 0.2) is 6.61 Å². The Morgan fingerprint density at radius 1 is 1.08 bits per heavy atom. The minimum Gasteiger partial charge on any atom is -0.482 e. The average molecular weight is 513 g/mol. The summed E-state index contributed by atoms with van der Waals surface area (Å²) in [6.45, 7) is 0.385. The van der Waals surface area contributed by atoms with Crippen LogP contribution in [0.15, 0.2) is 97.3 Å². The predicted octanol–water partition coefficient (Wildman–Crippen LogP) is 6.54. The quantitative estimate of drug-likeness (QED) is 0.258. The fourth-order valence-electron chi connectivity index (χ4n) is 5.14. The van der Waals surface area contributed by atoms with Crippen molar-refractivity contribution in [2.24, 2.45) is 5.92 Å². The second-order valence-corrected chi connectivity index (χ2v) is 9.84. The number of fused-ring (bicyclic) bond motifs is 1. The Balaban J connectivity index is 1.27. The molecule has 0 amide bonds. The van der Waals surface area contributed by atoms with Crippen LogP contribution in [-0.2, 0) is 24.2 Å². The molecule has 3 aromatic carbocycles. The van der Waals surface area contributed by atoms with Gasteiger partial charge in [-0.05, 0) is 65.6 Å². The average Bonchev–Trinajstić information content (AvgIpc) is 3.36. The van der Waals surface area contributed by atoms with Crippen LogP contribution in [0.1, 0.15) is 40.2 Å². The molecule has 0 fully saturated rings. The smallest absolute Gasteiger partial charge is 0.341 e. The summed E-state index contributed by atoms with van der Waals surface area (Å²) in [7, 11) is 0. The van der Waals surface area contributed by atoms with E-state index in [4.69, 9.17) is 21.4 Å². The van der Waals surface area contributed by atoms with Crippen molar-refractivity contribution in [2.45, 2.75) is 31.7 Å². The predicted molar refractivity (Wildman–Crippen MR) is 145 cm³/mol. The van der Waals surface area contributed by atoms with E-state index in [0.29, 0.717) is 18.2 Å². The number of carboxylic acids is 1. The summed E-state index contributed by atoms with van der Waals surface area (Å²) in [5.41, 5.74) is 5.84. The number of allylic oxidation sites excluding steroid dienone is 2. The lowest BCUT2D eigenvalue weighted by Crippen LogP contribution is -2.16. The summed E-state index contributed by atoms with van der Waals surface area (Å²) in [5, 5.41) is 14.3. The number of rotatable bonds is 9. The third-order valence-electron chi connectivity index (χ3n) is 6.83. The SMILES string of the molecule is O=C(O)COc1cccc2c1CCC(C=CCn1cc(C(c3ccccc3)c3cccc(Cl)c3)cn1)C2. The van der Waals surface area contributed by atoms with Gasteiger partial charge < -0.3 is 9.84 Å². The van der Waals surface area contributed by atoms with E-state index in [1.165, 1.54) is 11.1 Å². The number of benzene rings is 3. The van der Waals surface area contributed by atoms with E-state index >= 15 is 0 Å². The molecule has 5 nitrogen and oxygen atoms in total. The van der Waals surface area contributed by atoms with Crippen molar-refractivity contribution in [1.29, 1.82) is 0 Å². The van der Waals surface area contributed by atoms with Crippen LogP contribution in [0.4, 0.5) is 0 Å². The minimum absolute atomic E-state index is 0.0602. The third kappa shape index (κ3) is 6.12. The largest absolute Gasteiger partial charge is 0.482 e. The van der Waals surface area contributed by atoms with E-state index in [1.807, 2.05) is 47.3 Å². The van der Waals surface area contributed by atoms with Crippen molar-refractivity contribution in [3.63, 3.8) is 0 Å². The Labute approximate surface area is 222 Å². The number of hydrogen-bond acceptors (Lipinski definition) is 3. The van der Waals surface area contributed by atoms with Crippen LogP contribution in [0.25, 0.3) is 0 Å². The van der Waals surface area contributed by atoms with E-state index in [9.17, 15) is 4.79 Å². The van der Waals surface area contributed by atoms with Crippen molar-refractivity contribution in [3.05, 3.63) is 130 Å².